The van der Waals surface area contributed by atoms with Crippen LogP contribution in [0.3, 0.4) is 0 Å². The molecule has 0 saturated carbocycles. The van der Waals surface area contributed by atoms with Gasteiger partial charge in [0.05, 0.1) is 12.7 Å². The maximum absolute atomic E-state index is 10.1. The van der Waals surface area contributed by atoms with E-state index in [1.54, 1.807) is 0 Å². The number of aliphatic hydroxyl groups excluding tert-OH is 2. The van der Waals surface area contributed by atoms with Gasteiger partial charge in [0.25, 0.3) is 0 Å². The van der Waals surface area contributed by atoms with Crippen molar-refractivity contribution in [3.63, 3.8) is 0 Å². The van der Waals surface area contributed by atoms with Gasteiger partial charge in [-0.05, 0) is 19.8 Å². The number of carbonyl (C=O) groups is 1. The van der Waals surface area contributed by atoms with E-state index < -0.39 is 12.1 Å². The molecule has 0 heterocycles. The standard InChI is InChI=1S/C12H24O2.C3H8O2/c1-2-3-4-5-6-7-8-9-10-11-12(13)14;1-3(5)2-4/h2-11H2,1H3,(H,13,14);3-5H,2H2,1H3/p-1. The normalized spacial score (nSPS) is 11.6. The average molecular weight is 275 g/mol. The lowest BCUT2D eigenvalue weighted by molar-refractivity contribution is -0.305. The molecule has 0 spiro atoms. The van der Waals surface area contributed by atoms with Gasteiger partial charge in [-0.3, -0.25) is 0 Å². The van der Waals surface area contributed by atoms with Crippen molar-refractivity contribution in [3.8, 4) is 0 Å². The molecule has 4 heteroatoms. The predicted octanol–water partition coefficient (Wildman–Crippen LogP) is 2.02. The number of carbonyl (C=O) groups excluding carboxylic acids is 1. The highest BCUT2D eigenvalue weighted by molar-refractivity contribution is 5.63. The summed E-state index contributed by atoms with van der Waals surface area (Å²) in [5.74, 6) is -0.909. The molecule has 1 unspecified atom stereocenters. The third-order valence-corrected chi connectivity index (χ3v) is 2.75. The molecule has 2 N–H and O–H groups in total. The molecule has 0 saturated heterocycles. The Bertz CT molecular complexity index is 181. The van der Waals surface area contributed by atoms with E-state index in [4.69, 9.17) is 10.2 Å². The Labute approximate surface area is 117 Å². The zero-order valence-corrected chi connectivity index (χ0v) is 12.6. The molecule has 0 aromatic carbocycles. The summed E-state index contributed by atoms with van der Waals surface area (Å²) in [6.07, 6.45) is 10.6. The molecule has 0 aliphatic carbocycles. The lowest BCUT2D eigenvalue weighted by atomic mass is 10.1. The number of rotatable bonds is 11. The van der Waals surface area contributed by atoms with Crippen molar-refractivity contribution >= 4 is 5.97 Å². The van der Waals surface area contributed by atoms with Crippen molar-refractivity contribution in [2.24, 2.45) is 0 Å². The topological polar surface area (TPSA) is 80.6 Å². The summed E-state index contributed by atoms with van der Waals surface area (Å²) in [5.41, 5.74) is 0. The van der Waals surface area contributed by atoms with E-state index in [0.717, 1.165) is 12.8 Å². The molecule has 0 aromatic rings. The fourth-order valence-corrected chi connectivity index (χ4v) is 1.58. The van der Waals surface area contributed by atoms with Gasteiger partial charge in [-0.2, -0.15) is 0 Å². The Morgan fingerprint density at radius 2 is 1.37 bits per heavy atom. The van der Waals surface area contributed by atoms with Crippen molar-refractivity contribution in [2.75, 3.05) is 6.61 Å². The van der Waals surface area contributed by atoms with Gasteiger partial charge in [-0.25, -0.2) is 0 Å². The summed E-state index contributed by atoms with van der Waals surface area (Å²) < 4.78 is 0. The summed E-state index contributed by atoms with van der Waals surface area (Å²) in [7, 11) is 0. The van der Waals surface area contributed by atoms with Crippen LogP contribution >= 0.6 is 0 Å². The first-order valence-electron chi connectivity index (χ1n) is 7.53. The lowest BCUT2D eigenvalue weighted by Crippen LogP contribution is -2.21. The van der Waals surface area contributed by atoms with E-state index in [9.17, 15) is 9.90 Å². The highest BCUT2D eigenvalue weighted by atomic mass is 16.4. The van der Waals surface area contributed by atoms with E-state index in [1.807, 2.05) is 0 Å². The van der Waals surface area contributed by atoms with Crippen LogP contribution in [0.5, 0.6) is 0 Å². The van der Waals surface area contributed by atoms with Gasteiger partial charge in [0.2, 0.25) is 0 Å². The lowest BCUT2D eigenvalue weighted by Gasteiger charge is -2.02. The molecule has 0 bridgehead atoms. The second kappa shape index (κ2) is 17.4. The van der Waals surface area contributed by atoms with Gasteiger partial charge in [0.15, 0.2) is 0 Å². The Kier molecular flexibility index (Phi) is 18.9. The largest absolute Gasteiger partial charge is 0.550 e. The molecule has 0 rings (SSSR count). The van der Waals surface area contributed by atoms with Crippen LogP contribution in [0.25, 0.3) is 0 Å². The Hall–Kier alpha value is -0.610. The first kappa shape index (κ1) is 20.7. The Morgan fingerprint density at radius 3 is 1.68 bits per heavy atom. The van der Waals surface area contributed by atoms with Crippen LogP contribution < -0.4 is 5.11 Å². The van der Waals surface area contributed by atoms with Crippen LogP contribution in [-0.2, 0) is 4.79 Å². The predicted molar refractivity (Wildman–Crippen MR) is 75.6 cm³/mol. The Morgan fingerprint density at radius 1 is 1.00 bits per heavy atom. The molecule has 4 nitrogen and oxygen atoms in total. The number of hydrogen-bond acceptors (Lipinski definition) is 4. The quantitative estimate of drug-likeness (QED) is 0.565. The zero-order chi connectivity index (χ0) is 14.9. The SMILES string of the molecule is CC(O)CO.CCCCCCCCCCCC(=O)[O-]. The van der Waals surface area contributed by atoms with Crippen molar-refractivity contribution in [1.29, 1.82) is 0 Å². The molecular weight excluding hydrogens is 244 g/mol. The summed E-state index contributed by atoms with van der Waals surface area (Å²) in [6.45, 7) is 3.61. The number of hydrogen-bond donors (Lipinski definition) is 2. The van der Waals surface area contributed by atoms with Crippen molar-refractivity contribution in [3.05, 3.63) is 0 Å². The zero-order valence-electron chi connectivity index (χ0n) is 12.6. The van der Waals surface area contributed by atoms with E-state index >= 15 is 0 Å². The summed E-state index contributed by atoms with van der Waals surface area (Å²) in [5, 5.41) is 26.1. The van der Waals surface area contributed by atoms with Crippen LogP contribution in [0.4, 0.5) is 0 Å². The maximum Gasteiger partial charge on any atom is 0.0742 e. The third kappa shape index (κ3) is 26.8. The fraction of sp³-hybridized carbons (Fsp3) is 0.933. The molecule has 0 fully saturated rings. The number of aliphatic hydroxyl groups is 2. The number of carboxylic acid groups (broad SMARTS) is 1. The number of aliphatic carboxylic acids is 1. The first-order valence-corrected chi connectivity index (χ1v) is 7.53. The van der Waals surface area contributed by atoms with Gasteiger partial charge in [0, 0.05) is 5.97 Å². The van der Waals surface area contributed by atoms with Crippen LogP contribution in [0.2, 0.25) is 0 Å². The summed E-state index contributed by atoms with van der Waals surface area (Å²) in [4.78, 5) is 10.1. The van der Waals surface area contributed by atoms with Gasteiger partial charge in [-0.15, -0.1) is 0 Å². The summed E-state index contributed by atoms with van der Waals surface area (Å²) in [6, 6.07) is 0. The van der Waals surface area contributed by atoms with Crippen molar-refractivity contribution in [1.82, 2.24) is 0 Å². The minimum atomic E-state index is -0.909. The molecule has 116 valence electrons. The number of carboxylic acids is 1. The van der Waals surface area contributed by atoms with Gasteiger partial charge in [0.1, 0.15) is 0 Å². The second-order valence-electron chi connectivity index (χ2n) is 4.98. The average Bonchev–Trinajstić information content (AvgIpc) is 2.37. The number of unbranched alkanes of at least 4 members (excludes halogenated alkanes) is 8. The highest BCUT2D eigenvalue weighted by Crippen LogP contribution is 2.09. The first-order chi connectivity index (χ1) is 9.04. The molecule has 19 heavy (non-hydrogen) atoms. The minimum Gasteiger partial charge on any atom is -0.550 e. The molecule has 0 amide bonds. The molecular formula is C15H31O4-. The second-order valence-corrected chi connectivity index (χ2v) is 4.98. The van der Waals surface area contributed by atoms with Crippen LogP contribution in [-0.4, -0.2) is 28.9 Å². The van der Waals surface area contributed by atoms with Crippen molar-refractivity contribution < 1.29 is 20.1 Å². The maximum atomic E-state index is 10.1. The third-order valence-electron chi connectivity index (χ3n) is 2.75. The molecule has 0 aliphatic heterocycles. The van der Waals surface area contributed by atoms with E-state index in [0.29, 0.717) is 0 Å². The fourth-order valence-electron chi connectivity index (χ4n) is 1.58. The van der Waals surface area contributed by atoms with E-state index in [1.165, 1.54) is 51.9 Å². The van der Waals surface area contributed by atoms with Crippen LogP contribution in [0, 0.1) is 0 Å². The van der Waals surface area contributed by atoms with Gasteiger partial charge in [-0.1, -0.05) is 58.3 Å². The van der Waals surface area contributed by atoms with Crippen LogP contribution in [0.1, 0.15) is 78.1 Å². The minimum absolute atomic E-state index is 0.139. The van der Waals surface area contributed by atoms with E-state index in [2.05, 4.69) is 6.92 Å². The van der Waals surface area contributed by atoms with Crippen LogP contribution in [0.15, 0.2) is 0 Å². The molecule has 0 aromatic heterocycles. The van der Waals surface area contributed by atoms with Gasteiger partial charge >= 0.3 is 0 Å². The monoisotopic (exact) mass is 275 g/mol. The Balaban J connectivity index is 0. The smallest absolute Gasteiger partial charge is 0.0742 e. The highest BCUT2D eigenvalue weighted by Gasteiger charge is 1.92. The molecule has 0 radical (unpaired) electrons. The summed E-state index contributed by atoms with van der Waals surface area (Å²) >= 11 is 0. The van der Waals surface area contributed by atoms with Gasteiger partial charge < -0.3 is 20.1 Å². The van der Waals surface area contributed by atoms with Crippen molar-refractivity contribution in [2.45, 2.75) is 84.2 Å². The molecule has 0 aliphatic rings. The van der Waals surface area contributed by atoms with E-state index in [-0.39, 0.29) is 13.0 Å². The molecule has 1 atom stereocenters.